The van der Waals surface area contributed by atoms with E-state index in [0.29, 0.717) is 14.7 Å². The van der Waals surface area contributed by atoms with E-state index in [0.717, 1.165) is 0 Å². The van der Waals surface area contributed by atoms with Gasteiger partial charge in [0, 0.05) is 0 Å². The Labute approximate surface area is 123 Å². The molecule has 104 valence electrons. The molecule has 0 nitrogen and oxygen atoms in total. The van der Waals surface area contributed by atoms with Crippen LogP contribution in [-0.2, 0) is 0 Å². The summed E-state index contributed by atoms with van der Waals surface area (Å²) in [5, 5.41) is 0. The van der Waals surface area contributed by atoms with Crippen molar-refractivity contribution in [3.8, 4) is 0 Å². The van der Waals surface area contributed by atoms with Gasteiger partial charge in [0.05, 0.1) is 0 Å². The van der Waals surface area contributed by atoms with Crippen molar-refractivity contribution >= 4 is 18.4 Å². The second-order valence-electron chi connectivity index (χ2n) is 7.96. The van der Waals surface area contributed by atoms with Gasteiger partial charge in [-0.05, 0) is 0 Å². The van der Waals surface area contributed by atoms with E-state index in [1.54, 1.807) is 0 Å². The molecule has 0 N–H and O–H groups in total. The summed E-state index contributed by atoms with van der Waals surface area (Å²) in [4.78, 5) is 0. The van der Waals surface area contributed by atoms with Crippen molar-refractivity contribution in [3.05, 3.63) is 48.6 Å². The van der Waals surface area contributed by atoms with E-state index >= 15 is 0 Å². The Bertz CT molecular complexity index is 381. The summed E-state index contributed by atoms with van der Waals surface area (Å²) in [5.74, 6) is 0. The van der Waals surface area contributed by atoms with Crippen LogP contribution in [-0.4, -0.2) is 18.4 Å². The summed E-state index contributed by atoms with van der Waals surface area (Å²) in [7, 11) is 0. The van der Waals surface area contributed by atoms with Crippen molar-refractivity contribution in [2.24, 2.45) is 0 Å². The van der Waals surface area contributed by atoms with Crippen molar-refractivity contribution < 1.29 is 0 Å². The molecule has 0 unspecified atom stereocenters. The average Bonchev–Trinajstić information content (AvgIpc) is 2.85. The quantitative estimate of drug-likeness (QED) is 0.526. The number of hydrogen-bond donors (Lipinski definition) is 0. The third kappa shape index (κ3) is 2.30. The van der Waals surface area contributed by atoms with Gasteiger partial charge in [-0.2, -0.15) is 0 Å². The molecule has 0 saturated carbocycles. The van der Waals surface area contributed by atoms with Gasteiger partial charge in [-0.1, -0.05) is 0 Å². The molecule has 0 bridgehead atoms. The van der Waals surface area contributed by atoms with E-state index in [4.69, 9.17) is 0 Å². The second-order valence-corrected chi connectivity index (χ2v) is 25.3. The monoisotopic (exact) mass is 364 g/mol. The maximum atomic E-state index is 2.49. The van der Waals surface area contributed by atoms with Crippen molar-refractivity contribution in [2.75, 3.05) is 0 Å². The van der Waals surface area contributed by atoms with Crippen molar-refractivity contribution in [1.29, 1.82) is 0 Å². The second kappa shape index (κ2) is 4.95. The third-order valence-electron chi connectivity index (χ3n) is 5.03. The Morgan fingerprint density at radius 2 is 0.842 bits per heavy atom. The van der Waals surface area contributed by atoms with Crippen LogP contribution in [0.15, 0.2) is 48.6 Å². The fourth-order valence-corrected chi connectivity index (χ4v) is 28.7. The van der Waals surface area contributed by atoms with E-state index in [2.05, 4.69) is 90.2 Å². The Balaban J connectivity index is 2.64. The first kappa shape index (κ1) is 15.2. The summed E-state index contributed by atoms with van der Waals surface area (Å²) < 4.78 is 2.29. The van der Waals surface area contributed by atoms with Gasteiger partial charge in [0.1, 0.15) is 0 Å². The molecule has 0 radical (unpaired) electrons. The van der Waals surface area contributed by atoms with Crippen LogP contribution in [0.2, 0.25) is 14.7 Å². The minimum absolute atomic E-state index is 0.431. The van der Waals surface area contributed by atoms with E-state index in [9.17, 15) is 0 Å². The first-order valence-corrected chi connectivity index (χ1v) is 13.6. The Hall–Kier alpha value is -0.241. The number of allylic oxidation sites excluding steroid dienone is 8. The van der Waals surface area contributed by atoms with Gasteiger partial charge in [0.15, 0.2) is 0 Å². The summed E-state index contributed by atoms with van der Waals surface area (Å²) >= 11 is -2.64. The first-order valence-electron chi connectivity index (χ1n) is 7.41. The Morgan fingerprint density at radius 1 is 0.579 bits per heavy atom. The van der Waals surface area contributed by atoms with Crippen molar-refractivity contribution in [1.82, 2.24) is 0 Å². The van der Waals surface area contributed by atoms with Crippen molar-refractivity contribution in [2.45, 2.75) is 56.3 Å². The predicted molar refractivity (Wildman–Crippen MR) is 89.2 cm³/mol. The minimum atomic E-state index is -2.64. The van der Waals surface area contributed by atoms with Crippen LogP contribution in [0.25, 0.3) is 0 Å². The summed E-state index contributed by atoms with van der Waals surface area (Å²) in [6, 6.07) is 0. The zero-order valence-electron chi connectivity index (χ0n) is 13.3. The van der Waals surface area contributed by atoms with Crippen LogP contribution in [0.4, 0.5) is 0 Å². The molecule has 0 aromatic rings. The van der Waals surface area contributed by atoms with Crippen LogP contribution in [0.1, 0.15) is 41.5 Å². The third-order valence-corrected chi connectivity index (χ3v) is 27.4. The van der Waals surface area contributed by atoms with E-state index in [1.807, 2.05) is 0 Å². The van der Waals surface area contributed by atoms with E-state index in [-0.39, 0.29) is 0 Å². The summed E-state index contributed by atoms with van der Waals surface area (Å²) in [5.41, 5.74) is 0. The molecular weight excluding hydrogens is 335 g/mol. The van der Waals surface area contributed by atoms with Crippen LogP contribution < -0.4 is 0 Å². The van der Waals surface area contributed by atoms with E-state index in [1.165, 1.54) is 0 Å². The molecule has 0 atom stereocenters. The SMILES string of the molecule is C[C](C)(C)[Sn]([CH]1C=CC=C1)([CH]1C=CC=C1)[C](C)(C)C. The standard InChI is InChI=1S/2C5H5.2C4H9.Sn/c2*1-2-4-5-3-1;2*1-4(2)3;/h2*1-5H;2*1-3H3;. The molecular formula is C18H28Sn. The fourth-order valence-electron chi connectivity index (χ4n) is 4.82. The molecule has 0 aromatic carbocycles. The topological polar surface area (TPSA) is 0 Å². The predicted octanol–water partition coefficient (Wildman–Crippen LogP) is 6.03. The molecule has 0 spiro atoms. The van der Waals surface area contributed by atoms with E-state index < -0.39 is 18.4 Å². The molecule has 0 amide bonds. The Morgan fingerprint density at radius 3 is 1.05 bits per heavy atom. The van der Waals surface area contributed by atoms with Crippen LogP contribution in [0.3, 0.4) is 0 Å². The Kier molecular flexibility index (Phi) is 3.94. The molecule has 1 heteroatoms. The fraction of sp³-hybridized carbons (Fsp3) is 0.556. The normalized spacial score (nSPS) is 20.9. The molecule has 0 aromatic heterocycles. The first-order chi connectivity index (χ1) is 8.71. The van der Waals surface area contributed by atoms with Gasteiger partial charge in [-0.3, -0.25) is 0 Å². The zero-order chi connectivity index (χ0) is 14.3. The van der Waals surface area contributed by atoms with Crippen LogP contribution in [0, 0.1) is 0 Å². The molecule has 0 heterocycles. The summed E-state index contributed by atoms with van der Waals surface area (Å²) in [6.45, 7) is 15.0. The van der Waals surface area contributed by atoms with Gasteiger partial charge in [0.2, 0.25) is 0 Å². The molecule has 2 aliphatic rings. The molecule has 2 aliphatic carbocycles. The molecule has 2 rings (SSSR count). The molecule has 0 aliphatic heterocycles. The van der Waals surface area contributed by atoms with Gasteiger partial charge in [-0.15, -0.1) is 0 Å². The van der Waals surface area contributed by atoms with Gasteiger partial charge in [0.25, 0.3) is 0 Å². The molecule has 0 fully saturated rings. The number of hydrogen-bond acceptors (Lipinski definition) is 0. The molecule has 0 saturated heterocycles. The van der Waals surface area contributed by atoms with Gasteiger partial charge >= 0.3 is 123 Å². The number of rotatable bonds is 2. The molecule has 19 heavy (non-hydrogen) atoms. The van der Waals surface area contributed by atoms with Gasteiger partial charge < -0.3 is 0 Å². The summed E-state index contributed by atoms with van der Waals surface area (Å²) in [6.07, 6.45) is 19.0. The van der Waals surface area contributed by atoms with Gasteiger partial charge in [-0.25, -0.2) is 0 Å². The zero-order valence-corrected chi connectivity index (χ0v) is 16.1. The maximum absolute atomic E-state index is 2.64. The van der Waals surface area contributed by atoms with Crippen molar-refractivity contribution in [3.63, 3.8) is 0 Å². The average molecular weight is 363 g/mol. The van der Waals surface area contributed by atoms with Crippen LogP contribution in [0.5, 0.6) is 0 Å². The van der Waals surface area contributed by atoms with Crippen LogP contribution >= 0.6 is 0 Å².